The minimum atomic E-state index is -0.681. The number of carbonyl (C=O) groups excluding carboxylic acids is 2. The number of hydrogen-bond donors (Lipinski definition) is 4. The summed E-state index contributed by atoms with van der Waals surface area (Å²) in [5.41, 5.74) is 0.376. The zero-order valence-electron chi connectivity index (χ0n) is 23.2. The molecule has 39 heavy (non-hydrogen) atoms. The molecule has 2 aromatic rings. The molecular formula is C30H41N3O5S. The van der Waals surface area contributed by atoms with E-state index in [1.54, 1.807) is 31.4 Å². The van der Waals surface area contributed by atoms with Gasteiger partial charge in [-0.25, -0.2) is 4.98 Å². The van der Waals surface area contributed by atoms with Crippen molar-refractivity contribution in [3.8, 4) is 5.75 Å². The Bertz CT molecular complexity index is 1190. The number of rotatable bonds is 7. The standard InChI is InChI=1S/C30H41N3O5S/c1-29-14-13-24(35)30(2,17-34)23(29)16-22-26(21(29)15-25(36)31-19-7-5-4-6-8-19)32-28(39-22)33-27(37)18-9-11-20(38-3)12-10-18/h9-12,19,21,23-24,34-35H,4-8,13-17H2,1-3H3,(H,31,36)(H,32,33,37). The van der Waals surface area contributed by atoms with Crippen LogP contribution in [0.4, 0.5) is 5.13 Å². The van der Waals surface area contributed by atoms with E-state index in [1.807, 2.05) is 6.92 Å². The number of aliphatic hydroxyl groups excluding tert-OH is 2. The number of hydrogen-bond acceptors (Lipinski definition) is 7. The van der Waals surface area contributed by atoms with Gasteiger partial charge in [-0.1, -0.05) is 33.1 Å². The van der Waals surface area contributed by atoms with Gasteiger partial charge in [-0.2, -0.15) is 0 Å². The van der Waals surface area contributed by atoms with Crippen LogP contribution in [0.5, 0.6) is 5.75 Å². The fraction of sp³-hybridized carbons (Fsp3) is 0.633. The molecule has 0 aliphatic heterocycles. The number of anilines is 1. The molecule has 4 N–H and O–H groups in total. The first-order chi connectivity index (χ1) is 18.7. The smallest absolute Gasteiger partial charge is 0.257 e. The Hall–Kier alpha value is -2.49. The molecule has 212 valence electrons. The summed E-state index contributed by atoms with van der Waals surface area (Å²) in [7, 11) is 1.58. The molecule has 5 atom stereocenters. The van der Waals surface area contributed by atoms with Gasteiger partial charge >= 0.3 is 0 Å². The summed E-state index contributed by atoms with van der Waals surface area (Å²) in [4.78, 5) is 32.3. The summed E-state index contributed by atoms with van der Waals surface area (Å²) < 4.78 is 5.19. The van der Waals surface area contributed by atoms with Gasteiger partial charge in [0.2, 0.25) is 5.91 Å². The number of amides is 2. The van der Waals surface area contributed by atoms with Crippen LogP contribution in [0.1, 0.15) is 92.1 Å². The van der Waals surface area contributed by atoms with E-state index in [1.165, 1.54) is 17.8 Å². The van der Waals surface area contributed by atoms with E-state index in [0.717, 1.165) is 42.7 Å². The topological polar surface area (TPSA) is 121 Å². The molecule has 1 aromatic carbocycles. The molecule has 0 saturated heterocycles. The maximum absolute atomic E-state index is 13.4. The number of benzene rings is 1. The van der Waals surface area contributed by atoms with Gasteiger partial charge in [0.1, 0.15) is 5.75 Å². The average Bonchev–Trinajstić information content (AvgIpc) is 3.34. The van der Waals surface area contributed by atoms with Gasteiger partial charge in [-0.15, -0.1) is 11.3 Å². The van der Waals surface area contributed by atoms with E-state index >= 15 is 0 Å². The minimum absolute atomic E-state index is 0.0238. The van der Waals surface area contributed by atoms with Crippen LogP contribution in [-0.4, -0.2) is 52.9 Å². The number of aromatic nitrogens is 1. The van der Waals surface area contributed by atoms with Crippen molar-refractivity contribution in [1.82, 2.24) is 10.3 Å². The lowest BCUT2D eigenvalue weighted by Gasteiger charge is -2.58. The molecule has 3 aliphatic rings. The normalized spacial score (nSPS) is 30.6. The SMILES string of the molecule is COc1ccc(C(=O)Nc2nc3c(s2)CC2C(C)(CO)C(O)CCC2(C)C3CC(=O)NC2CCCCC2)cc1. The van der Waals surface area contributed by atoms with Crippen molar-refractivity contribution in [3.63, 3.8) is 0 Å². The molecule has 0 radical (unpaired) electrons. The molecule has 2 saturated carbocycles. The first-order valence-corrected chi connectivity index (χ1v) is 15.0. The highest BCUT2D eigenvalue weighted by atomic mass is 32.1. The third-order valence-electron chi connectivity index (χ3n) is 9.83. The van der Waals surface area contributed by atoms with Crippen LogP contribution in [0.3, 0.4) is 0 Å². The molecule has 9 heteroatoms. The zero-order chi connectivity index (χ0) is 27.8. The molecule has 3 aliphatic carbocycles. The van der Waals surface area contributed by atoms with E-state index in [-0.39, 0.29) is 41.7 Å². The van der Waals surface area contributed by atoms with Crippen molar-refractivity contribution in [2.24, 2.45) is 16.7 Å². The molecule has 1 aromatic heterocycles. The number of nitrogens with one attached hydrogen (secondary N) is 2. The van der Waals surface area contributed by atoms with Gasteiger partial charge in [-0.3, -0.25) is 14.9 Å². The highest BCUT2D eigenvalue weighted by Gasteiger charge is 2.59. The first kappa shape index (κ1) is 28.1. The predicted octanol–water partition coefficient (Wildman–Crippen LogP) is 4.66. The van der Waals surface area contributed by atoms with E-state index in [0.29, 0.717) is 35.7 Å². The van der Waals surface area contributed by atoms with Crippen LogP contribution < -0.4 is 15.4 Å². The number of fused-ring (bicyclic) bond motifs is 2. The second-order valence-corrected chi connectivity index (χ2v) is 13.2. The van der Waals surface area contributed by atoms with Gasteiger partial charge in [0.15, 0.2) is 5.13 Å². The molecule has 2 fully saturated rings. The molecule has 0 bridgehead atoms. The Kier molecular flexibility index (Phi) is 8.04. The lowest BCUT2D eigenvalue weighted by Crippen LogP contribution is -2.57. The lowest BCUT2D eigenvalue weighted by atomic mass is 9.47. The van der Waals surface area contributed by atoms with Crippen molar-refractivity contribution in [2.45, 2.75) is 89.7 Å². The Labute approximate surface area is 234 Å². The van der Waals surface area contributed by atoms with Crippen LogP contribution in [-0.2, 0) is 11.2 Å². The van der Waals surface area contributed by atoms with E-state index in [4.69, 9.17) is 9.72 Å². The third-order valence-corrected chi connectivity index (χ3v) is 10.8. The monoisotopic (exact) mass is 555 g/mol. The van der Waals surface area contributed by atoms with Gasteiger partial charge in [-0.05, 0) is 67.7 Å². The molecular weight excluding hydrogens is 514 g/mol. The maximum atomic E-state index is 13.4. The number of thiazole rings is 1. The molecule has 8 nitrogen and oxygen atoms in total. The quantitative estimate of drug-likeness (QED) is 0.394. The minimum Gasteiger partial charge on any atom is -0.497 e. The predicted molar refractivity (Wildman–Crippen MR) is 151 cm³/mol. The number of aliphatic hydroxyl groups is 2. The molecule has 0 spiro atoms. The Morgan fingerprint density at radius 3 is 2.51 bits per heavy atom. The largest absolute Gasteiger partial charge is 0.497 e. The van der Waals surface area contributed by atoms with Crippen molar-refractivity contribution >= 4 is 28.3 Å². The van der Waals surface area contributed by atoms with Crippen LogP contribution in [0.15, 0.2) is 24.3 Å². The summed E-state index contributed by atoms with van der Waals surface area (Å²) >= 11 is 1.44. The summed E-state index contributed by atoms with van der Waals surface area (Å²) in [5, 5.41) is 28.2. The lowest BCUT2D eigenvalue weighted by molar-refractivity contribution is -0.144. The molecule has 5 unspecified atom stereocenters. The first-order valence-electron chi connectivity index (χ1n) is 14.2. The second kappa shape index (κ2) is 11.2. The van der Waals surface area contributed by atoms with E-state index < -0.39 is 11.5 Å². The maximum Gasteiger partial charge on any atom is 0.257 e. The van der Waals surface area contributed by atoms with Crippen molar-refractivity contribution < 1.29 is 24.5 Å². The number of methoxy groups -OCH3 is 1. The van der Waals surface area contributed by atoms with E-state index in [2.05, 4.69) is 17.6 Å². The van der Waals surface area contributed by atoms with Crippen molar-refractivity contribution in [3.05, 3.63) is 40.4 Å². The van der Waals surface area contributed by atoms with Crippen molar-refractivity contribution in [1.29, 1.82) is 0 Å². The number of ether oxygens (including phenoxy) is 1. The Morgan fingerprint density at radius 1 is 1.13 bits per heavy atom. The van der Waals surface area contributed by atoms with Crippen molar-refractivity contribution in [2.75, 3.05) is 19.0 Å². The summed E-state index contributed by atoms with van der Waals surface area (Å²) in [5.74, 6) is 0.263. The summed E-state index contributed by atoms with van der Waals surface area (Å²) in [6.07, 6.45) is 7.24. The zero-order valence-corrected chi connectivity index (χ0v) is 24.0. The second-order valence-electron chi connectivity index (χ2n) is 12.2. The average molecular weight is 556 g/mol. The summed E-state index contributed by atoms with van der Waals surface area (Å²) in [6, 6.07) is 7.14. The Balaban J connectivity index is 1.44. The van der Waals surface area contributed by atoms with Crippen LogP contribution in [0.2, 0.25) is 0 Å². The third kappa shape index (κ3) is 5.33. The molecule has 2 amide bonds. The number of nitrogens with zero attached hydrogens (tertiary/aromatic N) is 1. The number of carbonyl (C=O) groups is 2. The van der Waals surface area contributed by atoms with Gasteiger partial charge in [0.25, 0.3) is 5.91 Å². The van der Waals surface area contributed by atoms with Crippen LogP contribution >= 0.6 is 11.3 Å². The summed E-state index contributed by atoms with van der Waals surface area (Å²) in [6.45, 7) is 4.05. The molecule has 5 rings (SSSR count). The van der Waals surface area contributed by atoms with E-state index in [9.17, 15) is 19.8 Å². The van der Waals surface area contributed by atoms with Crippen LogP contribution in [0.25, 0.3) is 0 Å². The van der Waals surface area contributed by atoms with Gasteiger partial charge in [0.05, 0.1) is 25.5 Å². The van der Waals surface area contributed by atoms with Gasteiger partial charge < -0.3 is 20.3 Å². The van der Waals surface area contributed by atoms with Crippen LogP contribution in [0, 0.1) is 16.7 Å². The highest BCUT2D eigenvalue weighted by Crippen LogP contribution is 2.62. The molecule has 1 heterocycles. The van der Waals surface area contributed by atoms with Gasteiger partial charge in [0, 0.05) is 34.2 Å². The fourth-order valence-electron chi connectivity index (χ4n) is 7.33. The fourth-order valence-corrected chi connectivity index (χ4v) is 8.39. The highest BCUT2D eigenvalue weighted by molar-refractivity contribution is 7.15. The Morgan fingerprint density at radius 2 is 1.85 bits per heavy atom.